The van der Waals surface area contributed by atoms with Gasteiger partial charge in [-0.2, -0.15) is 0 Å². The molecule has 1 aliphatic heterocycles. The maximum atomic E-state index is 2.54. The van der Waals surface area contributed by atoms with Crippen molar-refractivity contribution in [2.75, 3.05) is 18.0 Å². The predicted molar refractivity (Wildman–Crippen MR) is 70.6 cm³/mol. The Morgan fingerprint density at radius 2 is 2.00 bits per heavy atom. The van der Waals surface area contributed by atoms with Gasteiger partial charge in [-0.1, -0.05) is 32.0 Å². The Hall–Kier alpha value is -0.980. The lowest BCUT2D eigenvalue weighted by molar-refractivity contribution is 0.399. The average molecular weight is 216 g/mol. The van der Waals surface area contributed by atoms with Crippen molar-refractivity contribution in [1.82, 2.24) is 0 Å². The Balaban J connectivity index is 1.97. The third kappa shape index (κ3) is 3.01. The van der Waals surface area contributed by atoms with E-state index in [-0.39, 0.29) is 0 Å². The van der Waals surface area contributed by atoms with E-state index in [4.69, 9.17) is 0 Å². The van der Waals surface area contributed by atoms with E-state index in [0.29, 0.717) is 0 Å². The van der Waals surface area contributed by atoms with Gasteiger partial charge in [0.1, 0.15) is 0 Å². The van der Waals surface area contributed by atoms with Crippen LogP contribution in [0.4, 0.5) is 5.69 Å². The standard InChI is InChI=1S/C15H22N/c1-13(2)11-14-7-6-10-16(12-14)15-8-4-3-5-9-15/h3-5,8-9,14H,6-7,10-12H2,1-2H3/t14-/m0/s1. The fourth-order valence-corrected chi connectivity index (χ4v) is 2.68. The lowest BCUT2D eigenvalue weighted by Gasteiger charge is -2.35. The number of rotatable bonds is 3. The van der Waals surface area contributed by atoms with Gasteiger partial charge >= 0.3 is 0 Å². The SMILES string of the molecule is C[C](C)C[C@@H]1CCCN(c2ccccc2)C1. The minimum Gasteiger partial charge on any atom is -0.371 e. The molecule has 2 rings (SSSR count). The van der Waals surface area contributed by atoms with E-state index < -0.39 is 0 Å². The molecule has 1 heterocycles. The van der Waals surface area contributed by atoms with E-state index >= 15 is 0 Å². The Kier molecular flexibility index (Phi) is 3.87. The van der Waals surface area contributed by atoms with Gasteiger partial charge in [-0.25, -0.2) is 0 Å². The molecule has 1 fully saturated rings. The molecular formula is C15H22N. The third-order valence-electron chi connectivity index (χ3n) is 3.34. The van der Waals surface area contributed by atoms with Crippen LogP contribution in [0.2, 0.25) is 0 Å². The average Bonchev–Trinajstić information content (AvgIpc) is 2.30. The first-order chi connectivity index (χ1) is 7.75. The maximum Gasteiger partial charge on any atom is 0.0366 e. The molecule has 1 aromatic carbocycles. The van der Waals surface area contributed by atoms with E-state index in [0.717, 1.165) is 5.92 Å². The molecule has 16 heavy (non-hydrogen) atoms. The number of para-hydroxylation sites is 1. The van der Waals surface area contributed by atoms with Crippen LogP contribution in [0.15, 0.2) is 30.3 Å². The summed E-state index contributed by atoms with van der Waals surface area (Å²) in [5.41, 5.74) is 1.39. The Morgan fingerprint density at radius 1 is 1.25 bits per heavy atom. The van der Waals surface area contributed by atoms with Crippen molar-refractivity contribution < 1.29 is 0 Å². The molecular weight excluding hydrogens is 194 g/mol. The second-order valence-corrected chi connectivity index (χ2v) is 5.20. The number of hydrogen-bond acceptors (Lipinski definition) is 1. The largest absolute Gasteiger partial charge is 0.371 e. The molecule has 1 atom stereocenters. The highest BCUT2D eigenvalue weighted by Gasteiger charge is 2.20. The summed E-state index contributed by atoms with van der Waals surface area (Å²) in [6.45, 7) is 6.96. The van der Waals surface area contributed by atoms with Crippen LogP contribution in [0.3, 0.4) is 0 Å². The highest BCUT2D eigenvalue weighted by molar-refractivity contribution is 5.46. The zero-order chi connectivity index (χ0) is 11.4. The minimum atomic E-state index is 0.860. The lowest BCUT2D eigenvalue weighted by Crippen LogP contribution is -2.35. The topological polar surface area (TPSA) is 3.24 Å². The molecule has 0 spiro atoms. The van der Waals surface area contributed by atoms with Crippen molar-refractivity contribution in [2.24, 2.45) is 5.92 Å². The van der Waals surface area contributed by atoms with Crippen LogP contribution in [0.25, 0.3) is 0 Å². The molecule has 0 saturated carbocycles. The molecule has 87 valence electrons. The van der Waals surface area contributed by atoms with Gasteiger partial charge in [0.15, 0.2) is 0 Å². The van der Waals surface area contributed by atoms with Crippen LogP contribution >= 0.6 is 0 Å². The summed E-state index contributed by atoms with van der Waals surface area (Å²) in [6, 6.07) is 10.8. The molecule has 1 nitrogen and oxygen atoms in total. The molecule has 1 saturated heterocycles. The Bertz CT molecular complexity index is 304. The monoisotopic (exact) mass is 216 g/mol. The normalized spacial score (nSPS) is 21.4. The number of hydrogen-bond donors (Lipinski definition) is 0. The van der Waals surface area contributed by atoms with Gasteiger partial charge in [-0.05, 0) is 43.2 Å². The van der Waals surface area contributed by atoms with E-state index in [2.05, 4.69) is 49.1 Å². The van der Waals surface area contributed by atoms with Crippen molar-refractivity contribution in [1.29, 1.82) is 0 Å². The van der Waals surface area contributed by atoms with E-state index in [1.807, 2.05) is 0 Å². The summed E-state index contributed by atoms with van der Waals surface area (Å²) in [7, 11) is 0. The first kappa shape index (κ1) is 11.5. The van der Waals surface area contributed by atoms with Crippen LogP contribution in [0.1, 0.15) is 33.1 Å². The van der Waals surface area contributed by atoms with Crippen LogP contribution < -0.4 is 4.90 Å². The highest BCUT2D eigenvalue weighted by atomic mass is 15.1. The fraction of sp³-hybridized carbons (Fsp3) is 0.533. The molecule has 1 aliphatic rings. The van der Waals surface area contributed by atoms with Crippen LogP contribution in [0, 0.1) is 11.8 Å². The fourth-order valence-electron chi connectivity index (χ4n) is 2.68. The highest BCUT2D eigenvalue weighted by Crippen LogP contribution is 2.27. The second kappa shape index (κ2) is 5.38. The van der Waals surface area contributed by atoms with Gasteiger partial charge in [0.2, 0.25) is 0 Å². The van der Waals surface area contributed by atoms with E-state index in [1.165, 1.54) is 38.0 Å². The number of nitrogens with zero attached hydrogens (tertiary/aromatic N) is 1. The molecule has 0 amide bonds. The number of anilines is 1. The van der Waals surface area contributed by atoms with Crippen molar-refractivity contribution >= 4 is 5.69 Å². The summed E-state index contributed by atoms with van der Waals surface area (Å²) < 4.78 is 0. The van der Waals surface area contributed by atoms with Crippen LogP contribution in [0.5, 0.6) is 0 Å². The van der Waals surface area contributed by atoms with Crippen molar-refractivity contribution in [3.05, 3.63) is 36.2 Å². The summed E-state index contributed by atoms with van der Waals surface area (Å²) in [5.74, 6) is 2.43. The van der Waals surface area contributed by atoms with E-state index in [9.17, 15) is 0 Å². The van der Waals surface area contributed by atoms with Crippen molar-refractivity contribution in [3.8, 4) is 0 Å². The molecule has 1 aromatic rings. The molecule has 1 heteroatoms. The predicted octanol–water partition coefficient (Wildman–Crippen LogP) is 3.91. The van der Waals surface area contributed by atoms with Gasteiger partial charge < -0.3 is 4.90 Å². The minimum absolute atomic E-state index is 0.860. The van der Waals surface area contributed by atoms with Crippen molar-refractivity contribution in [2.45, 2.75) is 33.1 Å². The zero-order valence-electron chi connectivity index (χ0n) is 10.4. The Labute approximate surface area is 99.5 Å². The summed E-state index contributed by atoms with van der Waals surface area (Å²) in [5, 5.41) is 0. The summed E-state index contributed by atoms with van der Waals surface area (Å²) >= 11 is 0. The molecule has 1 radical (unpaired) electrons. The number of benzene rings is 1. The first-order valence-electron chi connectivity index (χ1n) is 6.35. The van der Waals surface area contributed by atoms with Gasteiger partial charge in [0.25, 0.3) is 0 Å². The van der Waals surface area contributed by atoms with Crippen molar-refractivity contribution in [3.63, 3.8) is 0 Å². The molecule has 0 aliphatic carbocycles. The molecule has 0 bridgehead atoms. The molecule has 0 aromatic heterocycles. The van der Waals surface area contributed by atoms with E-state index in [1.54, 1.807) is 5.92 Å². The zero-order valence-corrected chi connectivity index (χ0v) is 10.4. The quantitative estimate of drug-likeness (QED) is 0.740. The smallest absolute Gasteiger partial charge is 0.0366 e. The van der Waals surface area contributed by atoms with Gasteiger partial charge in [0.05, 0.1) is 0 Å². The summed E-state index contributed by atoms with van der Waals surface area (Å²) in [4.78, 5) is 2.54. The van der Waals surface area contributed by atoms with Crippen LogP contribution in [-0.4, -0.2) is 13.1 Å². The van der Waals surface area contributed by atoms with Gasteiger partial charge in [-0.3, -0.25) is 0 Å². The van der Waals surface area contributed by atoms with Gasteiger partial charge in [0, 0.05) is 18.8 Å². The van der Waals surface area contributed by atoms with Gasteiger partial charge in [-0.15, -0.1) is 0 Å². The Morgan fingerprint density at radius 3 is 2.69 bits per heavy atom. The maximum absolute atomic E-state index is 2.54. The molecule has 0 N–H and O–H groups in total. The summed E-state index contributed by atoms with van der Waals surface area (Å²) in [6.07, 6.45) is 4.03. The first-order valence-corrected chi connectivity index (χ1v) is 6.35. The lowest BCUT2D eigenvalue weighted by atomic mass is 9.89. The third-order valence-corrected chi connectivity index (χ3v) is 3.34. The second-order valence-electron chi connectivity index (χ2n) is 5.20. The number of piperidine rings is 1. The molecule has 0 unspecified atom stereocenters. The van der Waals surface area contributed by atoms with Crippen LogP contribution in [-0.2, 0) is 0 Å².